The van der Waals surface area contributed by atoms with Crippen molar-refractivity contribution in [1.29, 1.82) is 0 Å². The summed E-state index contributed by atoms with van der Waals surface area (Å²) in [5, 5.41) is 6.56. The van der Waals surface area contributed by atoms with Gasteiger partial charge in [0.05, 0.1) is 5.39 Å². The highest BCUT2D eigenvalue weighted by atomic mass is 35.5. The average molecular weight is 228 g/mol. The highest BCUT2D eigenvalue weighted by Gasteiger charge is 2.07. The lowest BCUT2D eigenvalue weighted by Crippen LogP contribution is -2.11. The van der Waals surface area contributed by atoms with Crippen molar-refractivity contribution in [3.8, 4) is 0 Å². The van der Waals surface area contributed by atoms with Crippen molar-refractivity contribution in [3.05, 3.63) is 16.7 Å². The van der Waals surface area contributed by atoms with Crippen LogP contribution in [0.5, 0.6) is 0 Å². The van der Waals surface area contributed by atoms with Crippen LogP contribution in [0.15, 0.2) is 11.4 Å². The lowest BCUT2D eigenvalue weighted by molar-refractivity contribution is 0.890. The van der Waals surface area contributed by atoms with Crippen LogP contribution in [-0.4, -0.2) is 16.0 Å². The van der Waals surface area contributed by atoms with Gasteiger partial charge in [-0.25, -0.2) is 9.97 Å². The zero-order valence-electron chi connectivity index (χ0n) is 7.91. The van der Waals surface area contributed by atoms with Gasteiger partial charge in [-0.05, 0) is 36.9 Å². The van der Waals surface area contributed by atoms with E-state index in [1.54, 1.807) is 11.3 Å². The zero-order valence-corrected chi connectivity index (χ0v) is 9.49. The number of hydrogen-bond acceptors (Lipinski definition) is 4. The highest BCUT2D eigenvalue weighted by molar-refractivity contribution is 7.16. The fourth-order valence-corrected chi connectivity index (χ4v) is 2.20. The van der Waals surface area contributed by atoms with Crippen molar-refractivity contribution in [3.63, 3.8) is 0 Å². The molecular formula is C9H10ClN3S. The lowest BCUT2D eigenvalue weighted by Gasteiger charge is -2.09. The third-order valence-electron chi connectivity index (χ3n) is 1.72. The summed E-state index contributed by atoms with van der Waals surface area (Å²) >= 11 is 7.38. The molecule has 1 N–H and O–H groups in total. The smallest absolute Gasteiger partial charge is 0.225 e. The zero-order chi connectivity index (χ0) is 10.1. The Morgan fingerprint density at radius 1 is 1.43 bits per heavy atom. The SMILES string of the molecule is CC(C)Nc1nc(Cl)nc2sccc12. The van der Waals surface area contributed by atoms with Gasteiger partial charge >= 0.3 is 0 Å². The molecule has 0 atom stereocenters. The summed E-state index contributed by atoms with van der Waals surface area (Å²) in [6, 6.07) is 2.34. The number of fused-ring (bicyclic) bond motifs is 1. The molecule has 0 spiro atoms. The molecule has 0 aliphatic rings. The molecule has 2 aromatic rings. The fourth-order valence-electron chi connectivity index (χ4n) is 1.21. The third-order valence-corrected chi connectivity index (χ3v) is 2.70. The first kappa shape index (κ1) is 9.68. The highest BCUT2D eigenvalue weighted by Crippen LogP contribution is 2.26. The molecule has 14 heavy (non-hydrogen) atoms. The Hall–Kier alpha value is -0.870. The second-order valence-electron chi connectivity index (χ2n) is 3.28. The van der Waals surface area contributed by atoms with Gasteiger partial charge in [-0.2, -0.15) is 0 Å². The summed E-state index contributed by atoms with van der Waals surface area (Å²) in [5.41, 5.74) is 0. The number of nitrogens with one attached hydrogen (secondary N) is 1. The van der Waals surface area contributed by atoms with Crippen molar-refractivity contribution in [1.82, 2.24) is 9.97 Å². The van der Waals surface area contributed by atoms with E-state index in [9.17, 15) is 0 Å². The van der Waals surface area contributed by atoms with E-state index in [-0.39, 0.29) is 0 Å². The van der Waals surface area contributed by atoms with Gasteiger partial charge in [-0.15, -0.1) is 11.3 Å². The summed E-state index contributed by atoms with van der Waals surface area (Å²) in [7, 11) is 0. The molecular weight excluding hydrogens is 218 g/mol. The van der Waals surface area contributed by atoms with Crippen LogP contribution in [0.25, 0.3) is 10.2 Å². The summed E-state index contributed by atoms with van der Waals surface area (Å²) in [6.07, 6.45) is 0. The number of nitrogens with zero attached hydrogens (tertiary/aromatic N) is 2. The topological polar surface area (TPSA) is 37.8 Å². The van der Waals surface area contributed by atoms with E-state index in [4.69, 9.17) is 11.6 Å². The predicted octanol–water partition coefficient (Wildman–Crippen LogP) is 3.17. The Morgan fingerprint density at radius 3 is 2.93 bits per heavy atom. The molecule has 0 amide bonds. The number of halogens is 1. The quantitative estimate of drug-likeness (QED) is 0.801. The Bertz CT molecular complexity index is 452. The maximum absolute atomic E-state index is 5.81. The summed E-state index contributed by atoms with van der Waals surface area (Å²) in [6.45, 7) is 4.13. The first-order valence-corrected chi connectivity index (χ1v) is 5.60. The summed E-state index contributed by atoms with van der Waals surface area (Å²) in [5.74, 6) is 0.816. The van der Waals surface area contributed by atoms with Gasteiger partial charge in [0, 0.05) is 6.04 Å². The number of hydrogen-bond donors (Lipinski definition) is 1. The monoisotopic (exact) mass is 227 g/mol. The van der Waals surface area contributed by atoms with E-state index in [1.807, 2.05) is 11.4 Å². The van der Waals surface area contributed by atoms with Crippen molar-refractivity contribution >= 4 is 39.0 Å². The minimum atomic E-state index is 0.295. The Kier molecular flexibility index (Phi) is 2.56. The molecule has 2 aromatic heterocycles. The normalized spacial score (nSPS) is 11.1. The second-order valence-corrected chi connectivity index (χ2v) is 4.51. The molecule has 0 fully saturated rings. The minimum absolute atomic E-state index is 0.295. The van der Waals surface area contributed by atoms with Crippen LogP contribution in [0.1, 0.15) is 13.8 Å². The molecule has 0 saturated heterocycles. The Morgan fingerprint density at radius 2 is 2.21 bits per heavy atom. The van der Waals surface area contributed by atoms with Crippen molar-refractivity contribution in [2.75, 3.05) is 5.32 Å². The van der Waals surface area contributed by atoms with E-state index >= 15 is 0 Å². The van der Waals surface area contributed by atoms with Crippen LogP contribution in [0, 0.1) is 0 Å². The average Bonchev–Trinajstić information content (AvgIpc) is 2.50. The number of thiophene rings is 1. The van der Waals surface area contributed by atoms with Crippen molar-refractivity contribution < 1.29 is 0 Å². The third kappa shape index (κ3) is 1.81. The maximum Gasteiger partial charge on any atom is 0.225 e. The molecule has 5 heteroatoms. The largest absolute Gasteiger partial charge is 0.367 e. The van der Waals surface area contributed by atoms with Gasteiger partial charge in [-0.3, -0.25) is 0 Å². The molecule has 74 valence electrons. The predicted molar refractivity (Wildman–Crippen MR) is 61.2 cm³/mol. The van der Waals surface area contributed by atoms with Crippen LogP contribution in [0.4, 0.5) is 5.82 Å². The molecule has 2 heterocycles. The number of aromatic nitrogens is 2. The van der Waals surface area contributed by atoms with Gasteiger partial charge < -0.3 is 5.32 Å². The van der Waals surface area contributed by atoms with E-state index in [1.165, 1.54) is 0 Å². The molecule has 0 saturated carbocycles. The number of anilines is 1. The number of rotatable bonds is 2. The Balaban J connectivity index is 2.55. The molecule has 0 aromatic carbocycles. The van der Waals surface area contributed by atoms with Gasteiger partial charge in [0.1, 0.15) is 10.6 Å². The fraction of sp³-hybridized carbons (Fsp3) is 0.333. The molecule has 0 radical (unpaired) electrons. The lowest BCUT2D eigenvalue weighted by atomic mass is 10.3. The van der Waals surface area contributed by atoms with E-state index in [0.29, 0.717) is 11.3 Å². The van der Waals surface area contributed by atoms with Crippen LogP contribution < -0.4 is 5.32 Å². The molecule has 0 unspecified atom stereocenters. The van der Waals surface area contributed by atoms with Gasteiger partial charge in [0.15, 0.2) is 0 Å². The van der Waals surface area contributed by atoms with Crippen LogP contribution in [-0.2, 0) is 0 Å². The van der Waals surface area contributed by atoms with Crippen molar-refractivity contribution in [2.45, 2.75) is 19.9 Å². The standard InChI is InChI=1S/C9H10ClN3S/c1-5(2)11-7-6-3-4-14-8(6)13-9(10)12-7/h3-5H,1-2H3,(H,11,12,13). The maximum atomic E-state index is 5.81. The Labute approximate surface area is 91.1 Å². The van der Waals surface area contributed by atoms with Gasteiger partial charge in [0.25, 0.3) is 0 Å². The summed E-state index contributed by atoms with van der Waals surface area (Å²) < 4.78 is 0. The first-order valence-electron chi connectivity index (χ1n) is 4.34. The van der Waals surface area contributed by atoms with E-state index in [2.05, 4.69) is 29.1 Å². The molecule has 0 aliphatic carbocycles. The van der Waals surface area contributed by atoms with Crippen molar-refractivity contribution in [2.24, 2.45) is 0 Å². The van der Waals surface area contributed by atoms with Gasteiger partial charge in [-0.1, -0.05) is 0 Å². The molecule has 2 rings (SSSR count). The van der Waals surface area contributed by atoms with E-state index in [0.717, 1.165) is 16.0 Å². The van der Waals surface area contributed by atoms with Crippen LogP contribution >= 0.6 is 22.9 Å². The van der Waals surface area contributed by atoms with Gasteiger partial charge in [0.2, 0.25) is 5.28 Å². The first-order chi connectivity index (χ1) is 6.66. The molecule has 3 nitrogen and oxygen atoms in total. The summed E-state index contributed by atoms with van der Waals surface area (Å²) in [4.78, 5) is 9.22. The second kappa shape index (κ2) is 3.71. The van der Waals surface area contributed by atoms with Crippen LogP contribution in [0.3, 0.4) is 0 Å². The molecule has 0 bridgehead atoms. The minimum Gasteiger partial charge on any atom is -0.367 e. The van der Waals surface area contributed by atoms with E-state index < -0.39 is 0 Å². The molecule has 0 aliphatic heterocycles. The van der Waals surface area contributed by atoms with Crippen LogP contribution in [0.2, 0.25) is 5.28 Å².